The Morgan fingerprint density at radius 3 is 2.79 bits per heavy atom. The van der Waals surface area contributed by atoms with Gasteiger partial charge in [-0.2, -0.15) is 5.26 Å². The Morgan fingerprint density at radius 2 is 2.21 bits per heavy atom. The maximum absolute atomic E-state index is 12.3. The molecule has 2 amide bonds. The zero-order valence-corrected chi connectivity index (χ0v) is 10.6. The lowest BCUT2D eigenvalue weighted by Crippen LogP contribution is -2.53. The molecule has 2 aliphatic rings. The van der Waals surface area contributed by atoms with Gasteiger partial charge in [-0.15, -0.1) is 0 Å². The maximum Gasteiger partial charge on any atom is 0.334 e. The number of ether oxygens (including phenoxy) is 1. The quantitative estimate of drug-likeness (QED) is 0.789. The highest BCUT2D eigenvalue weighted by Gasteiger charge is 2.37. The average molecular weight is 267 g/mol. The van der Waals surface area contributed by atoms with Gasteiger partial charge in [-0.1, -0.05) is 0 Å². The number of morpholine rings is 1. The minimum Gasteiger partial charge on any atom is -0.479 e. The first-order valence-corrected chi connectivity index (χ1v) is 6.40. The summed E-state index contributed by atoms with van der Waals surface area (Å²) in [6.45, 7) is 1.12. The second-order valence-corrected chi connectivity index (χ2v) is 4.76. The molecule has 1 atom stereocenters. The third-order valence-corrected chi connectivity index (χ3v) is 3.31. The van der Waals surface area contributed by atoms with E-state index in [1.54, 1.807) is 4.90 Å². The Morgan fingerprint density at radius 1 is 1.47 bits per heavy atom. The molecule has 2 rings (SSSR count). The maximum atomic E-state index is 12.3. The molecule has 19 heavy (non-hydrogen) atoms. The molecule has 1 saturated heterocycles. The van der Waals surface area contributed by atoms with Crippen molar-refractivity contribution < 1.29 is 19.4 Å². The van der Waals surface area contributed by atoms with E-state index in [0.29, 0.717) is 19.5 Å². The van der Waals surface area contributed by atoms with Crippen molar-refractivity contribution in [2.75, 3.05) is 26.2 Å². The van der Waals surface area contributed by atoms with Gasteiger partial charge in [-0.05, 0) is 12.8 Å². The fourth-order valence-corrected chi connectivity index (χ4v) is 2.15. The minimum absolute atomic E-state index is 0.0734. The van der Waals surface area contributed by atoms with Crippen LogP contribution >= 0.6 is 0 Å². The van der Waals surface area contributed by atoms with Crippen molar-refractivity contribution >= 4 is 12.0 Å². The largest absolute Gasteiger partial charge is 0.479 e. The second-order valence-electron chi connectivity index (χ2n) is 4.76. The van der Waals surface area contributed by atoms with Crippen molar-refractivity contribution in [3.63, 3.8) is 0 Å². The van der Waals surface area contributed by atoms with Gasteiger partial charge in [-0.3, -0.25) is 0 Å². The first kappa shape index (κ1) is 13.6. The van der Waals surface area contributed by atoms with E-state index in [1.165, 1.54) is 4.90 Å². The van der Waals surface area contributed by atoms with Gasteiger partial charge in [0, 0.05) is 19.1 Å². The minimum atomic E-state index is -1.05. The molecule has 0 radical (unpaired) electrons. The number of carbonyl (C=O) groups is 2. The molecular formula is C12H17N3O4. The van der Waals surface area contributed by atoms with Crippen LogP contribution in [-0.2, 0) is 9.53 Å². The first-order chi connectivity index (χ1) is 9.13. The van der Waals surface area contributed by atoms with Gasteiger partial charge in [0.25, 0.3) is 0 Å². The van der Waals surface area contributed by atoms with Crippen LogP contribution in [0.5, 0.6) is 0 Å². The summed E-state index contributed by atoms with van der Waals surface area (Å²) in [5.41, 5.74) is 0. The van der Waals surface area contributed by atoms with Crippen LogP contribution in [0.3, 0.4) is 0 Å². The van der Waals surface area contributed by atoms with E-state index in [0.717, 1.165) is 12.8 Å². The normalized spacial score (nSPS) is 22.7. The molecule has 1 aliphatic carbocycles. The monoisotopic (exact) mass is 267 g/mol. The van der Waals surface area contributed by atoms with Crippen LogP contribution in [0.2, 0.25) is 0 Å². The summed E-state index contributed by atoms with van der Waals surface area (Å²) in [5, 5.41) is 17.5. The molecule has 0 aromatic carbocycles. The van der Waals surface area contributed by atoms with E-state index in [2.05, 4.69) is 0 Å². The van der Waals surface area contributed by atoms with Gasteiger partial charge < -0.3 is 19.6 Å². The molecule has 0 aromatic rings. The molecular weight excluding hydrogens is 250 g/mol. The van der Waals surface area contributed by atoms with E-state index < -0.39 is 12.1 Å². The van der Waals surface area contributed by atoms with Crippen molar-refractivity contribution in [2.24, 2.45) is 0 Å². The summed E-state index contributed by atoms with van der Waals surface area (Å²) in [5.74, 6) is -1.05. The number of nitrogens with zero attached hydrogens (tertiary/aromatic N) is 3. The molecule has 0 aromatic heterocycles. The number of carboxylic acid groups (broad SMARTS) is 1. The number of rotatable bonds is 4. The predicted molar refractivity (Wildman–Crippen MR) is 64.3 cm³/mol. The van der Waals surface area contributed by atoms with E-state index in [9.17, 15) is 9.59 Å². The Labute approximate surface area is 111 Å². The van der Waals surface area contributed by atoms with Gasteiger partial charge in [0.15, 0.2) is 6.10 Å². The van der Waals surface area contributed by atoms with Crippen LogP contribution in [0.4, 0.5) is 4.79 Å². The molecule has 1 unspecified atom stereocenters. The van der Waals surface area contributed by atoms with Crippen LogP contribution in [0, 0.1) is 11.3 Å². The number of hydrogen-bond donors (Lipinski definition) is 1. The number of aliphatic carboxylic acids is 1. The van der Waals surface area contributed by atoms with Crippen LogP contribution in [-0.4, -0.2) is 65.3 Å². The molecule has 1 N–H and O–H groups in total. The van der Waals surface area contributed by atoms with Gasteiger partial charge in [0.2, 0.25) is 0 Å². The van der Waals surface area contributed by atoms with Crippen LogP contribution < -0.4 is 0 Å². The zero-order valence-electron chi connectivity index (χ0n) is 10.6. The van der Waals surface area contributed by atoms with Gasteiger partial charge in [-0.25, -0.2) is 9.59 Å². The van der Waals surface area contributed by atoms with Gasteiger partial charge in [0.1, 0.15) is 0 Å². The number of carboxylic acids is 1. The Hall–Kier alpha value is -1.81. The average Bonchev–Trinajstić information content (AvgIpc) is 3.23. The van der Waals surface area contributed by atoms with Crippen molar-refractivity contribution in [3.05, 3.63) is 0 Å². The SMILES string of the molecule is N#CCCN(C(=O)N1CCOC(C(=O)O)C1)C1CC1. The summed E-state index contributed by atoms with van der Waals surface area (Å²) in [4.78, 5) is 26.4. The summed E-state index contributed by atoms with van der Waals surface area (Å²) in [6, 6.07) is 2.08. The van der Waals surface area contributed by atoms with E-state index >= 15 is 0 Å². The molecule has 104 valence electrons. The highest BCUT2D eigenvalue weighted by molar-refractivity contribution is 5.78. The summed E-state index contributed by atoms with van der Waals surface area (Å²) >= 11 is 0. The smallest absolute Gasteiger partial charge is 0.334 e. The fraction of sp³-hybridized carbons (Fsp3) is 0.750. The number of urea groups is 1. The lowest BCUT2D eigenvalue weighted by molar-refractivity contribution is -0.154. The molecule has 1 heterocycles. The highest BCUT2D eigenvalue weighted by atomic mass is 16.5. The third kappa shape index (κ3) is 3.35. The van der Waals surface area contributed by atoms with Gasteiger partial charge >= 0.3 is 12.0 Å². The molecule has 7 heteroatoms. The van der Waals surface area contributed by atoms with Crippen LogP contribution in [0.25, 0.3) is 0 Å². The number of hydrogen-bond acceptors (Lipinski definition) is 4. The van der Waals surface area contributed by atoms with E-state index in [1.807, 2.05) is 6.07 Å². The first-order valence-electron chi connectivity index (χ1n) is 6.40. The summed E-state index contributed by atoms with van der Waals surface area (Å²) in [6.07, 6.45) is 1.28. The van der Waals surface area contributed by atoms with E-state index in [-0.39, 0.29) is 25.2 Å². The van der Waals surface area contributed by atoms with Crippen LogP contribution in [0.1, 0.15) is 19.3 Å². The zero-order chi connectivity index (χ0) is 13.8. The Kier molecular flexibility index (Phi) is 4.22. The Bertz CT molecular complexity index is 402. The Balaban J connectivity index is 1.96. The lowest BCUT2D eigenvalue weighted by Gasteiger charge is -2.35. The summed E-state index contributed by atoms with van der Waals surface area (Å²) in [7, 11) is 0. The van der Waals surface area contributed by atoms with Crippen molar-refractivity contribution in [1.82, 2.24) is 9.80 Å². The van der Waals surface area contributed by atoms with Gasteiger partial charge in [0.05, 0.1) is 25.6 Å². The van der Waals surface area contributed by atoms with Crippen molar-refractivity contribution in [2.45, 2.75) is 31.4 Å². The summed E-state index contributed by atoms with van der Waals surface area (Å²) < 4.78 is 5.09. The van der Waals surface area contributed by atoms with Crippen molar-refractivity contribution in [1.29, 1.82) is 5.26 Å². The van der Waals surface area contributed by atoms with Crippen molar-refractivity contribution in [3.8, 4) is 6.07 Å². The lowest BCUT2D eigenvalue weighted by atomic mass is 10.3. The highest BCUT2D eigenvalue weighted by Crippen LogP contribution is 2.28. The standard InChI is InChI=1S/C12H17N3O4/c13-4-1-5-15(9-2-3-9)12(18)14-6-7-19-10(8-14)11(16)17/h9-10H,1-3,5-8H2,(H,16,17). The molecule has 1 aliphatic heterocycles. The second kappa shape index (κ2) is 5.89. The topological polar surface area (TPSA) is 93.9 Å². The number of nitriles is 1. The molecule has 0 spiro atoms. The molecule has 7 nitrogen and oxygen atoms in total. The number of amides is 2. The predicted octanol–water partition coefficient (Wildman–Crippen LogP) is 0.270. The molecule has 2 fully saturated rings. The van der Waals surface area contributed by atoms with Crippen LogP contribution in [0.15, 0.2) is 0 Å². The van der Waals surface area contributed by atoms with E-state index in [4.69, 9.17) is 15.1 Å². The number of carbonyl (C=O) groups excluding carboxylic acids is 1. The fourth-order valence-electron chi connectivity index (χ4n) is 2.15. The molecule has 0 bridgehead atoms. The molecule has 1 saturated carbocycles. The third-order valence-electron chi connectivity index (χ3n) is 3.31.